The summed E-state index contributed by atoms with van der Waals surface area (Å²) in [6.07, 6.45) is 0. The summed E-state index contributed by atoms with van der Waals surface area (Å²) in [6, 6.07) is 4.55. The normalized spacial score (nSPS) is 10.8. The lowest BCUT2D eigenvalue weighted by Crippen LogP contribution is -2.09. The van der Waals surface area contributed by atoms with Gasteiger partial charge < -0.3 is 14.3 Å². The second kappa shape index (κ2) is 6.53. The Bertz CT molecular complexity index is 522. The highest BCUT2D eigenvalue weighted by molar-refractivity contribution is 6.03. The van der Waals surface area contributed by atoms with E-state index >= 15 is 0 Å². The Labute approximate surface area is 110 Å². The fourth-order valence-electron chi connectivity index (χ4n) is 1.49. The fourth-order valence-corrected chi connectivity index (χ4v) is 1.49. The lowest BCUT2D eigenvalue weighted by Gasteiger charge is -2.10. The van der Waals surface area contributed by atoms with Crippen molar-refractivity contribution in [3.63, 3.8) is 0 Å². The third-order valence-electron chi connectivity index (χ3n) is 2.27. The Hall–Kier alpha value is -2.37. The number of ether oxygens (including phenoxy) is 2. The summed E-state index contributed by atoms with van der Waals surface area (Å²) in [4.78, 5) is 27.2. The lowest BCUT2D eigenvalue weighted by molar-refractivity contribution is -0.131. The highest BCUT2D eigenvalue weighted by Gasteiger charge is 2.14. The van der Waals surface area contributed by atoms with Gasteiger partial charge >= 0.3 is 11.9 Å². The molecule has 0 spiro atoms. The van der Waals surface area contributed by atoms with Crippen molar-refractivity contribution >= 4 is 17.7 Å². The van der Waals surface area contributed by atoms with Crippen LogP contribution in [-0.2, 0) is 14.4 Å². The lowest BCUT2D eigenvalue weighted by atomic mass is 10.1. The maximum absolute atomic E-state index is 11.5. The number of nitrogens with zero attached hydrogens (tertiary/aromatic N) is 1. The predicted molar refractivity (Wildman–Crippen MR) is 68.3 cm³/mol. The molecule has 0 aliphatic rings. The average molecular weight is 265 g/mol. The van der Waals surface area contributed by atoms with E-state index in [1.807, 2.05) is 0 Å². The molecule has 0 amide bonds. The van der Waals surface area contributed by atoms with Crippen LogP contribution in [0.1, 0.15) is 29.8 Å². The standard InChI is InChI=1S/C13H15NO5/c1-8(14-18-4)11-7-10(13(16)17-3)5-6-12(11)19-9(2)15/h5-7H,1-4H3/b14-8+. The molecule has 0 fully saturated rings. The van der Waals surface area contributed by atoms with Gasteiger partial charge in [0.25, 0.3) is 0 Å². The maximum Gasteiger partial charge on any atom is 0.337 e. The zero-order chi connectivity index (χ0) is 14.4. The Morgan fingerprint density at radius 2 is 1.84 bits per heavy atom. The zero-order valence-corrected chi connectivity index (χ0v) is 11.2. The number of methoxy groups -OCH3 is 1. The smallest absolute Gasteiger partial charge is 0.337 e. The Morgan fingerprint density at radius 3 is 2.37 bits per heavy atom. The van der Waals surface area contributed by atoms with Gasteiger partial charge in [-0.15, -0.1) is 0 Å². The molecule has 0 unspecified atom stereocenters. The topological polar surface area (TPSA) is 74.2 Å². The number of oxime groups is 1. The number of rotatable bonds is 4. The minimum Gasteiger partial charge on any atom is -0.465 e. The van der Waals surface area contributed by atoms with E-state index in [0.717, 1.165) is 0 Å². The number of carbonyl (C=O) groups is 2. The molecule has 0 saturated carbocycles. The second-order valence-corrected chi connectivity index (χ2v) is 3.66. The van der Waals surface area contributed by atoms with E-state index in [-0.39, 0.29) is 0 Å². The van der Waals surface area contributed by atoms with Crippen molar-refractivity contribution in [1.82, 2.24) is 0 Å². The zero-order valence-electron chi connectivity index (χ0n) is 11.2. The first kappa shape index (κ1) is 14.7. The summed E-state index contributed by atoms with van der Waals surface area (Å²) in [6.45, 7) is 2.97. The van der Waals surface area contributed by atoms with Gasteiger partial charge in [0.15, 0.2) is 0 Å². The molecule has 0 aliphatic heterocycles. The first-order valence-corrected chi connectivity index (χ1v) is 5.48. The van der Waals surface area contributed by atoms with Crippen LogP contribution in [0.3, 0.4) is 0 Å². The van der Waals surface area contributed by atoms with E-state index < -0.39 is 11.9 Å². The molecule has 0 aromatic heterocycles. The molecule has 1 aromatic carbocycles. The quantitative estimate of drug-likeness (QED) is 0.359. The Kier molecular flexibility index (Phi) is 5.05. The van der Waals surface area contributed by atoms with Crippen LogP contribution in [0.15, 0.2) is 23.4 Å². The van der Waals surface area contributed by atoms with Gasteiger partial charge in [-0.25, -0.2) is 4.79 Å². The maximum atomic E-state index is 11.5. The number of esters is 2. The molecule has 6 heteroatoms. The van der Waals surface area contributed by atoms with E-state index in [1.165, 1.54) is 39.3 Å². The van der Waals surface area contributed by atoms with Crippen LogP contribution >= 0.6 is 0 Å². The average Bonchev–Trinajstić information content (AvgIpc) is 2.37. The molecular formula is C13H15NO5. The van der Waals surface area contributed by atoms with Crippen molar-refractivity contribution < 1.29 is 23.9 Å². The largest absolute Gasteiger partial charge is 0.465 e. The van der Waals surface area contributed by atoms with Crippen molar-refractivity contribution in [3.05, 3.63) is 29.3 Å². The molecule has 6 nitrogen and oxygen atoms in total. The molecule has 102 valence electrons. The third-order valence-corrected chi connectivity index (χ3v) is 2.27. The van der Waals surface area contributed by atoms with Crippen LogP contribution in [0.4, 0.5) is 0 Å². The predicted octanol–water partition coefficient (Wildman–Crippen LogP) is 1.77. The first-order valence-electron chi connectivity index (χ1n) is 5.48. The van der Waals surface area contributed by atoms with E-state index in [1.54, 1.807) is 6.92 Å². The summed E-state index contributed by atoms with van der Waals surface area (Å²) in [5, 5.41) is 3.76. The molecule has 0 saturated heterocycles. The van der Waals surface area contributed by atoms with Crippen LogP contribution in [0.2, 0.25) is 0 Å². The number of benzene rings is 1. The van der Waals surface area contributed by atoms with Crippen molar-refractivity contribution in [1.29, 1.82) is 0 Å². The molecule has 19 heavy (non-hydrogen) atoms. The molecular weight excluding hydrogens is 250 g/mol. The Morgan fingerprint density at radius 1 is 1.16 bits per heavy atom. The van der Waals surface area contributed by atoms with Gasteiger partial charge in [-0.1, -0.05) is 5.16 Å². The van der Waals surface area contributed by atoms with Crippen LogP contribution < -0.4 is 4.74 Å². The van der Waals surface area contributed by atoms with Crippen LogP contribution in [-0.4, -0.2) is 31.9 Å². The molecule has 0 heterocycles. The number of hydrogen-bond acceptors (Lipinski definition) is 6. The summed E-state index contributed by atoms with van der Waals surface area (Å²) < 4.78 is 9.69. The fraction of sp³-hybridized carbons (Fsp3) is 0.308. The summed E-state index contributed by atoms with van der Waals surface area (Å²) >= 11 is 0. The summed E-state index contributed by atoms with van der Waals surface area (Å²) in [7, 11) is 2.69. The van der Waals surface area contributed by atoms with Gasteiger partial charge in [0.2, 0.25) is 0 Å². The number of carbonyl (C=O) groups excluding carboxylic acids is 2. The summed E-state index contributed by atoms with van der Waals surface area (Å²) in [5.74, 6) is -0.642. The van der Waals surface area contributed by atoms with Crippen LogP contribution in [0, 0.1) is 0 Å². The SMILES string of the molecule is CO/N=C(\C)c1cc(C(=O)OC)ccc1OC(C)=O. The minimum absolute atomic E-state index is 0.304. The van der Waals surface area contributed by atoms with Crippen molar-refractivity contribution in [2.45, 2.75) is 13.8 Å². The van der Waals surface area contributed by atoms with E-state index in [4.69, 9.17) is 4.74 Å². The van der Waals surface area contributed by atoms with Crippen LogP contribution in [0.25, 0.3) is 0 Å². The van der Waals surface area contributed by atoms with Gasteiger partial charge in [-0.05, 0) is 25.1 Å². The molecule has 0 radical (unpaired) electrons. The molecule has 0 N–H and O–H groups in total. The molecule has 0 atom stereocenters. The number of hydrogen-bond donors (Lipinski definition) is 0. The van der Waals surface area contributed by atoms with Crippen molar-refractivity contribution in [2.24, 2.45) is 5.16 Å². The highest BCUT2D eigenvalue weighted by Crippen LogP contribution is 2.22. The molecule has 1 aromatic rings. The van der Waals surface area contributed by atoms with Crippen molar-refractivity contribution in [3.8, 4) is 5.75 Å². The van der Waals surface area contributed by atoms with Crippen molar-refractivity contribution in [2.75, 3.05) is 14.2 Å². The van der Waals surface area contributed by atoms with Gasteiger partial charge in [0.05, 0.1) is 18.4 Å². The first-order chi connectivity index (χ1) is 8.99. The van der Waals surface area contributed by atoms with Crippen LogP contribution in [0.5, 0.6) is 5.75 Å². The van der Waals surface area contributed by atoms with Gasteiger partial charge in [0.1, 0.15) is 12.9 Å². The molecule has 0 aliphatic carbocycles. The van der Waals surface area contributed by atoms with Gasteiger partial charge in [-0.2, -0.15) is 0 Å². The Balaban J connectivity index is 3.29. The van der Waals surface area contributed by atoms with Gasteiger partial charge in [0, 0.05) is 12.5 Å². The van der Waals surface area contributed by atoms with E-state index in [0.29, 0.717) is 22.6 Å². The summed E-state index contributed by atoms with van der Waals surface area (Å²) in [5.41, 5.74) is 1.29. The van der Waals surface area contributed by atoms with E-state index in [2.05, 4.69) is 14.7 Å². The minimum atomic E-state index is -0.485. The third kappa shape index (κ3) is 3.80. The molecule has 0 bridgehead atoms. The van der Waals surface area contributed by atoms with Gasteiger partial charge in [-0.3, -0.25) is 4.79 Å². The monoisotopic (exact) mass is 265 g/mol. The molecule has 1 rings (SSSR count). The second-order valence-electron chi connectivity index (χ2n) is 3.66. The van der Waals surface area contributed by atoms with E-state index in [9.17, 15) is 9.59 Å². The highest BCUT2D eigenvalue weighted by atomic mass is 16.6.